The van der Waals surface area contributed by atoms with Gasteiger partial charge in [0.2, 0.25) is 0 Å². The number of aromatic nitrogens is 1. The van der Waals surface area contributed by atoms with Gasteiger partial charge < -0.3 is 14.6 Å². The maximum Gasteiger partial charge on any atom is 0.258 e. The smallest absolute Gasteiger partial charge is 0.258 e. The fourth-order valence-corrected chi connectivity index (χ4v) is 0.920. The monoisotopic (exact) mass is 212 g/mol. The Morgan fingerprint density at radius 3 is 2.93 bits per heavy atom. The summed E-state index contributed by atoms with van der Waals surface area (Å²) in [6.45, 7) is 6.45. The molecule has 0 radical (unpaired) electrons. The number of amides is 1. The van der Waals surface area contributed by atoms with Crippen molar-refractivity contribution in [2.75, 3.05) is 13.2 Å². The maximum atomic E-state index is 11.2. The summed E-state index contributed by atoms with van der Waals surface area (Å²) in [5.41, 5.74) is 0. The second-order valence-electron chi connectivity index (χ2n) is 3.76. The molecule has 0 fully saturated rings. The van der Waals surface area contributed by atoms with Gasteiger partial charge in [-0.2, -0.15) is 0 Å². The van der Waals surface area contributed by atoms with Gasteiger partial charge in [-0.1, -0.05) is 13.8 Å². The molecule has 1 rings (SSSR count). The van der Waals surface area contributed by atoms with Crippen LogP contribution in [0.3, 0.4) is 0 Å². The highest BCUT2D eigenvalue weighted by Gasteiger charge is 2.05. The number of carbonyl (C=O) groups excluding carboxylic acids is 1. The minimum atomic E-state index is -0.149. The Hall–Kier alpha value is -1.52. The fourth-order valence-electron chi connectivity index (χ4n) is 0.920. The molecule has 0 aliphatic rings. The second-order valence-corrected chi connectivity index (χ2v) is 3.76. The Morgan fingerprint density at radius 2 is 2.40 bits per heavy atom. The molecule has 5 heteroatoms. The zero-order valence-corrected chi connectivity index (χ0v) is 9.24. The summed E-state index contributed by atoms with van der Waals surface area (Å²) in [6.07, 6.45) is 0. The van der Waals surface area contributed by atoms with E-state index in [-0.39, 0.29) is 12.5 Å². The topological polar surface area (TPSA) is 64.4 Å². The highest BCUT2D eigenvalue weighted by Crippen LogP contribution is 2.09. The van der Waals surface area contributed by atoms with E-state index in [1.54, 1.807) is 13.0 Å². The summed E-state index contributed by atoms with van der Waals surface area (Å²) in [5, 5.41) is 6.34. The third kappa shape index (κ3) is 4.49. The van der Waals surface area contributed by atoms with Crippen LogP contribution >= 0.6 is 0 Å². The molecule has 5 nitrogen and oxygen atoms in total. The maximum absolute atomic E-state index is 11.2. The first-order chi connectivity index (χ1) is 7.08. The fraction of sp³-hybridized carbons (Fsp3) is 0.600. The zero-order chi connectivity index (χ0) is 11.3. The molecule has 1 N–H and O–H groups in total. The van der Waals surface area contributed by atoms with Crippen LogP contribution in [0.2, 0.25) is 0 Å². The standard InChI is InChI=1S/C10H16N2O3/c1-7(2)5-11-9(13)6-14-10-4-8(3)15-12-10/h4,7H,5-6H2,1-3H3,(H,11,13). The molecule has 0 aromatic carbocycles. The van der Waals surface area contributed by atoms with Crippen molar-refractivity contribution in [1.29, 1.82) is 0 Å². The van der Waals surface area contributed by atoms with Crippen molar-refractivity contribution in [3.05, 3.63) is 11.8 Å². The lowest BCUT2D eigenvalue weighted by Gasteiger charge is -2.07. The predicted octanol–water partition coefficient (Wildman–Crippen LogP) is 1.13. The highest BCUT2D eigenvalue weighted by atomic mass is 16.5. The summed E-state index contributed by atoms with van der Waals surface area (Å²) >= 11 is 0. The van der Waals surface area contributed by atoms with Crippen molar-refractivity contribution in [2.45, 2.75) is 20.8 Å². The Kier molecular flexibility index (Phi) is 4.15. The molecule has 1 heterocycles. The number of nitrogens with one attached hydrogen (secondary N) is 1. The molecule has 84 valence electrons. The van der Waals surface area contributed by atoms with Gasteiger partial charge in [0.15, 0.2) is 6.61 Å². The lowest BCUT2D eigenvalue weighted by Crippen LogP contribution is -2.31. The summed E-state index contributed by atoms with van der Waals surface area (Å²) in [4.78, 5) is 11.2. The Balaban J connectivity index is 2.22. The predicted molar refractivity (Wildman–Crippen MR) is 54.6 cm³/mol. The Labute approximate surface area is 88.8 Å². The summed E-state index contributed by atoms with van der Waals surface area (Å²) in [5.74, 6) is 1.28. The van der Waals surface area contributed by atoms with Crippen molar-refractivity contribution in [3.63, 3.8) is 0 Å². The van der Waals surface area contributed by atoms with E-state index in [2.05, 4.69) is 10.5 Å². The molecule has 0 aliphatic carbocycles. The van der Waals surface area contributed by atoms with E-state index >= 15 is 0 Å². The Bertz CT molecular complexity index is 320. The van der Waals surface area contributed by atoms with E-state index in [4.69, 9.17) is 9.26 Å². The SMILES string of the molecule is Cc1cc(OCC(=O)NCC(C)C)no1. The van der Waals surface area contributed by atoms with Gasteiger partial charge in [0.25, 0.3) is 11.8 Å². The average molecular weight is 212 g/mol. The molecule has 15 heavy (non-hydrogen) atoms. The largest absolute Gasteiger partial charge is 0.465 e. The first-order valence-electron chi connectivity index (χ1n) is 4.90. The van der Waals surface area contributed by atoms with Gasteiger partial charge in [-0.3, -0.25) is 4.79 Å². The number of carbonyl (C=O) groups is 1. The molecule has 0 saturated heterocycles. The van der Waals surface area contributed by atoms with Crippen LogP contribution in [0.1, 0.15) is 19.6 Å². The van der Waals surface area contributed by atoms with E-state index in [9.17, 15) is 4.79 Å². The molecular formula is C10H16N2O3. The van der Waals surface area contributed by atoms with Crippen LogP contribution < -0.4 is 10.1 Å². The molecule has 0 atom stereocenters. The quantitative estimate of drug-likeness (QED) is 0.794. The Morgan fingerprint density at radius 1 is 1.67 bits per heavy atom. The van der Waals surface area contributed by atoms with Crippen LogP contribution in [0, 0.1) is 12.8 Å². The number of aryl methyl sites for hydroxylation is 1. The third-order valence-corrected chi connectivity index (χ3v) is 1.66. The molecular weight excluding hydrogens is 196 g/mol. The van der Waals surface area contributed by atoms with Gasteiger partial charge in [-0.05, 0) is 18.0 Å². The minimum absolute atomic E-state index is 0.0291. The molecule has 0 saturated carbocycles. The van der Waals surface area contributed by atoms with Crippen LogP contribution in [0.25, 0.3) is 0 Å². The van der Waals surface area contributed by atoms with Crippen molar-refractivity contribution >= 4 is 5.91 Å². The summed E-state index contributed by atoms with van der Waals surface area (Å²) in [7, 11) is 0. The van der Waals surface area contributed by atoms with Gasteiger partial charge in [-0.25, -0.2) is 0 Å². The zero-order valence-electron chi connectivity index (χ0n) is 9.24. The number of hydrogen-bond donors (Lipinski definition) is 1. The van der Waals surface area contributed by atoms with E-state index in [1.165, 1.54) is 0 Å². The van der Waals surface area contributed by atoms with Crippen LogP contribution in [-0.2, 0) is 4.79 Å². The summed E-state index contributed by atoms with van der Waals surface area (Å²) in [6, 6.07) is 1.63. The van der Waals surface area contributed by atoms with E-state index < -0.39 is 0 Å². The van der Waals surface area contributed by atoms with Crippen molar-refractivity contribution < 1.29 is 14.1 Å². The molecule has 0 bridgehead atoms. The molecule has 0 spiro atoms. The van der Waals surface area contributed by atoms with Crippen molar-refractivity contribution in [2.24, 2.45) is 5.92 Å². The number of nitrogens with zero attached hydrogens (tertiary/aromatic N) is 1. The van der Waals surface area contributed by atoms with Crippen LogP contribution in [0.4, 0.5) is 0 Å². The molecule has 1 aromatic heterocycles. The van der Waals surface area contributed by atoms with Gasteiger partial charge in [0, 0.05) is 12.6 Å². The third-order valence-electron chi connectivity index (χ3n) is 1.66. The molecule has 1 amide bonds. The van der Waals surface area contributed by atoms with Gasteiger partial charge in [0.1, 0.15) is 5.76 Å². The highest BCUT2D eigenvalue weighted by molar-refractivity contribution is 5.77. The number of ether oxygens (including phenoxy) is 1. The molecule has 1 aromatic rings. The van der Waals surface area contributed by atoms with E-state index in [1.807, 2.05) is 13.8 Å². The molecule has 0 unspecified atom stereocenters. The van der Waals surface area contributed by atoms with E-state index in [0.717, 1.165) is 0 Å². The summed E-state index contributed by atoms with van der Waals surface area (Å²) < 4.78 is 9.89. The lowest BCUT2D eigenvalue weighted by atomic mass is 10.2. The van der Waals surface area contributed by atoms with E-state index in [0.29, 0.717) is 24.1 Å². The first kappa shape index (κ1) is 11.6. The van der Waals surface area contributed by atoms with Crippen LogP contribution in [-0.4, -0.2) is 24.2 Å². The average Bonchev–Trinajstić information content (AvgIpc) is 2.58. The van der Waals surface area contributed by atoms with Crippen LogP contribution in [0.15, 0.2) is 10.6 Å². The van der Waals surface area contributed by atoms with Gasteiger partial charge in [-0.15, -0.1) is 0 Å². The molecule has 0 aliphatic heterocycles. The second kappa shape index (κ2) is 5.38. The normalized spacial score (nSPS) is 10.4. The van der Waals surface area contributed by atoms with Crippen molar-refractivity contribution in [3.8, 4) is 5.88 Å². The number of rotatable bonds is 5. The minimum Gasteiger partial charge on any atom is -0.465 e. The first-order valence-corrected chi connectivity index (χ1v) is 4.90. The van der Waals surface area contributed by atoms with Gasteiger partial charge in [0.05, 0.1) is 0 Å². The van der Waals surface area contributed by atoms with Gasteiger partial charge >= 0.3 is 0 Å². The lowest BCUT2D eigenvalue weighted by molar-refractivity contribution is -0.123. The van der Waals surface area contributed by atoms with Crippen LogP contribution in [0.5, 0.6) is 5.88 Å². The number of hydrogen-bond acceptors (Lipinski definition) is 4. The van der Waals surface area contributed by atoms with Crippen molar-refractivity contribution in [1.82, 2.24) is 10.5 Å².